The van der Waals surface area contributed by atoms with E-state index in [1.165, 1.54) is 0 Å². The lowest BCUT2D eigenvalue weighted by atomic mass is 10.2. The predicted octanol–water partition coefficient (Wildman–Crippen LogP) is 2.83. The summed E-state index contributed by atoms with van der Waals surface area (Å²) in [5, 5.41) is -0.0388. The van der Waals surface area contributed by atoms with Crippen molar-refractivity contribution in [2.75, 3.05) is 18.1 Å². The molecule has 0 aliphatic heterocycles. The molecule has 1 atom stereocenters. The highest BCUT2D eigenvalue weighted by Crippen LogP contribution is 2.24. The molecule has 0 saturated carbocycles. The number of aromatic nitrogens is 3. The van der Waals surface area contributed by atoms with Crippen LogP contribution >= 0.6 is 23.2 Å². The molecule has 7 nitrogen and oxygen atoms in total. The van der Waals surface area contributed by atoms with Crippen LogP contribution < -0.4 is 4.90 Å². The molecule has 0 amide bonds. The first-order valence-corrected chi connectivity index (χ1v) is 8.35. The van der Waals surface area contributed by atoms with Gasteiger partial charge in [-0.05, 0) is 48.7 Å². The van der Waals surface area contributed by atoms with Gasteiger partial charge in [0.2, 0.25) is 16.5 Å². The summed E-state index contributed by atoms with van der Waals surface area (Å²) < 4.78 is 25.3. The maximum Gasteiger partial charge on any atom is 0.235 e. The van der Waals surface area contributed by atoms with Crippen molar-refractivity contribution in [2.24, 2.45) is 0 Å². The van der Waals surface area contributed by atoms with E-state index in [2.05, 4.69) is 19.1 Å². The van der Waals surface area contributed by atoms with Gasteiger partial charge < -0.3 is 13.6 Å². The van der Waals surface area contributed by atoms with Crippen LogP contribution in [0.25, 0.3) is 0 Å². The summed E-state index contributed by atoms with van der Waals surface area (Å²) in [4.78, 5) is 13.6. The zero-order valence-electron chi connectivity index (χ0n) is 12.1. The molecular formula is C13H13Cl2N4O3S-. The molecule has 0 bridgehead atoms. The van der Waals surface area contributed by atoms with Gasteiger partial charge >= 0.3 is 0 Å². The van der Waals surface area contributed by atoms with Gasteiger partial charge in [0.25, 0.3) is 0 Å². The standard InChI is InChI=1S/C13H14Cl2N4O3S/c1-9-3-5-10(6-4-9)19(7-2-8-22-23(20)21)13-17-11(14)16-12(15)18-13/h3-6H,2,7-8H2,1H3,(H,20,21)/p-1. The first kappa shape index (κ1) is 18.0. The zero-order valence-corrected chi connectivity index (χ0v) is 14.4. The highest BCUT2D eigenvalue weighted by atomic mass is 35.5. The van der Waals surface area contributed by atoms with Crippen LogP contribution in [0.15, 0.2) is 24.3 Å². The fourth-order valence-corrected chi connectivity index (χ4v) is 2.46. The molecule has 2 aromatic rings. The molecule has 2 rings (SSSR count). The molecule has 1 heterocycles. The van der Waals surface area contributed by atoms with Crippen molar-refractivity contribution in [1.82, 2.24) is 15.0 Å². The molecule has 0 saturated heterocycles. The van der Waals surface area contributed by atoms with E-state index in [0.717, 1.165) is 11.3 Å². The first-order chi connectivity index (χ1) is 11.0. The van der Waals surface area contributed by atoms with Crippen molar-refractivity contribution in [3.8, 4) is 0 Å². The van der Waals surface area contributed by atoms with Crippen LogP contribution in [-0.4, -0.2) is 36.9 Å². The van der Waals surface area contributed by atoms with E-state index in [9.17, 15) is 8.76 Å². The van der Waals surface area contributed by atoms with Gasteiger partial charge in [0.15, 0.2) is 0 Å². The van der Waals surface area contributed by atoms with Crippen LogP contribution in [0.2, 0.25) is 10.6 Å². The Hall–Kier alpha value is -1.32. The number of halogens is 2. The Morgan fingerprint density at radius 2 is 1.78 bits per heavy atom. The number of hydrogen-bond donors (Lipinski definition) is 0. The van der Waals surface area contributed by atoms with Gasteiger partial charge in [0.1, 0.15) is 0 Å². The van der Waals surface area contributed by atoms with Gasteiger partial charge in [-0.2, -0.15) is 15.0 Å². The summed E-state index contributed by atoms with van der Waals surface area (Å²) in [5.41, 5.74) is 1.92. The van der Waals surface area contributed by atoms with Gasteiger partial charge in [-0.1, -0.05) is 17.7 Å². The summed E-state index contributed by atoms with van der Waals surface area (Å²) in [6.07, 6.45) is 0.433. The van der Waals surface area contributed by atoms with Crippen LogP contribution in [0, 0.1) is 6.92 Å². The number of aryl methyl sites for hydroxylation is 1. The Bertz CT molecular complexity index is 667. The second-order valence-corrected chi connectivity index (χ2v) is 5.86. The molecule has 10 heteroatoms. The van der Waals surface area contributed by atoms with E-state index in [4.69, 9.17) is 23.2 Å². The minimum absolute atomic E-state index is 0.0194. The van der Waals surface area contributed by atoms with E-state index in [1.807, 2.05) is 31.2 Å². The molecule has 124 valence electrons. The quantitative estimate of drug-likeness (QED) is 0.542. The van der Waals surface area contributed by atoms with Crippen molar-refractivity contribution in [2.45, 2.75) is 13.3 Å². The minimum Gasteiger partial charge on any atom is -0.750 e. The van der Waals surface area contributed by atoms with Crippen molar-refractivity contribution in [1.29, 1.82) is 0 Å². The Morgan fingerprint density at radius 1 is 1.17 bits per heavy atom. The number of benzene rings is 1. The molecule has 1 aromatic heterocycles. The van der Waals surface area contributed by atoms with Crippen molar-refractivity contribution in [3.05, 3.63) is 40.4 Å². The van der Waals surface area contributed by atoms with Crippen LogP contribution in [-0.2, 0) is 15.5 Å². The third-order valence-corrected chi connectivity index (χ3v) is 3.56. The topological polar surface area (TPSA) is 91.3 Å². The summed E-state index contributed by atoms with van der Waals surface area (Å²) in [6.45, 7) is 2.43. The van der Waals surface area contributed by atoms with Gasteiger partial charge in [-0.3, -0.25) is 0 Å². The molecule has 0 N–H and O–H groups in total. The maximum absolute atomic E-state index is 10.4. The lowest BCUT2D eigenvalue weighted by Crippen LogP contribution is -2.22. The van der Waals surface area contributed by atoms with Crippen LogP contribution in [0.3, 0.4) is 0 Å². The van der Waals surface area contributed by atoms with E-state index in [0.29, 0.717) is 13.0 Å². The number of hydrogen-bond acceptors (Lipinski definition) is 7. The molecule has 0 radical (unpaired) electrons. The summed E-state index contributed by atoms with van der Waals surface area (Å²) in [7, 11) is 0. The van der Waals surface area contributed by atoms with Crippen molar-refractivity contribution in [3.63, 3.8) is 0 Å². The molecule has 1 aromatic carbocycles. The number of rotatable bonds is 7. The zero-order chi connectivity index (χ0) is 16.8. The van der Waals surface area contributed by atoms with E-state index >= 15 is 0 Å². The molecule has 1 unspecified atom stereocenters. The van der Waals surface area contributed by atoms with Crippen molar-refractivity contribution >= 4 is 46.2 Å². The summed E-state index contributed by atoms with van der Waals surface area (Å²) >= 11 is 9.13. The van der Waals surface area contributed by atoms with Gasteiger partial charge in [-0.15, -0.1) is 0 Å². The van der Waals surface area contributed by atoms with E-state index < -0.39 is 11.4 Å². The molecular weight excluding hydrogens is 363 g/mol. The number of anilines is 2. The SMILES string of the molecule is Cc1ccc(N(CCCOS(=O)[O-])c2nc(Cl)nc(Cl)n2)cc1. The summed E-state index contributed by atoms with van der Waals surface area (Å²) in [5.74, 6) is 0.280. The smallest absolute Gasteiger partial charge is 0.235 e. The Labute approximate surface area is 146 Å². The van der Waals surface area contributed by atoms with E-state index in [-0.39, 0.29) is 23.1 Å². The van der Waals surface area contributed by atoms with E-state index in [1.54, 1.807) is 4.90 Å². The lowest BCUT2D eigenvalue weighted by Gasteiger charge is -2.23. The largest absolute Gasteiger partial charge is 0.750 e. The van der Waals surface area contributed by atoms with Crippen LogP contribution in [0.4, 0.5) is 11.6 Å². The van der Waals surface area contributed by atoms with Gasteiger partial charge in [-0.25, -0.2) is 4.21 Å². The van der Waals surface area contributed by atoms with Crippen molar-refractivity contribution < 1.29 is 12.9 Å². The fourth-order valence-electron chi connectivity index (χ4n) is 1.86. The lowest BCUT2D eigenvalue weighted by molar-refractivity contribution is 0.297. The monoisotopic (exact) mass is 375 g/mol. The Balaban J connectivity index is 2.23. The van der Waals surface area contributed by atoms with Gasteiger partial charge in [0, 0.05) is 12.2 Å². The average Bonchev–Trinajstić information content (AvgIpc) is 2.47. The number of nitrogens with zero attached hydrogens (tertiary/aromatic N) is 4. The maximum atomic E-state index is 10.4. The second-order valence-electron chi connectivity index (χ2n) is 4.54. The van der Waals surface area contributed by atoms with Crippen LogP contribution in [0.1, 0.15) is 12.0 Å². The highest BCUT2D eigenvalue weighted by Gasteiger charge is 2.14. The molecule has 0 spiro atoms. The first-order valence-electron chi connectivity index (χ1n) is 6.59. The normalized spacial score (nSPS) is 12.2. The fraction of sp³-hybridized carbons (Fsp3) is 0.308. The third kappa shape index (κ3) is 5.67. The Kier molecular flexibility index (Phi) is 6.67. The predicted molar refractivity (Wildman–Crippen MR) is 87.5 cm³/mol. The Morgan fingerprint density at radius 3 is 2.35 bits per heavy atom. The van der Waals surface area contributed by atoms with Crippen LogP contribution in [0.5, 0.6) is 0 Å². The average molecular weight is 376 g/mol. The molecule has 0 aliphatic carbocycles. The molecule has 0 aliphatic rings. The summed E-state index contributed by atoms with van der Waals surface area (Å²) in [6, 6.07) is 7.67. The van der Waals surface area contributed by atoms with Gasteiger partial charge in [0.05, 0.1) is 18.0 Å². The second kappa shape index (κ2) is 8.51. The minimum atomic E-state index is -2.53. The highest BCUT2D eigenvalue weighted by molar-refractivity contribution is 7.74. The molecule has 0 fully saturated rings. The molecule has 23 heavy (non-hydrogen) atoms. The third-order valence-electron chi connectivity index (χ3n) is 2.86.